The monoisotopic (exact) mass is 433 g/mol. The van der Waals surface area contributed by atoms with Crippen molar-refractivity contribution in [2.24, 2.45) is 10.9 Å². The van der Waals surface area contributed by atoms with E-state index in [1.54, 1.807) is 32.1 Å². The summed E-state index contributed by atoms with van der Waals surface area (Å²) in [6.07, 6.45) is 3.64. The summed E-state index contributed by atoms with van der Waals surface area (Å²) in [7, 11) is 3.38. The number of fused-ring (bicyclic) bond motifs is 2. The average Bonchev–Trinajstić information content (AvgIpc) is 3.51. The van der Waals surface area contributed by atoms with Crippen LogP contribution in [0.5, 0.6) is 5.75 Å². The molecule has 2 aliphatic rings. The van der Waals surface area contributed by atoms with Crippen molar-refractivity contribution in [1.29, 1.82) is 0 Å². The van der Waals surface area contributed by atoms with Crippen LogP contribution in [0.25, 0.3) is 0 Å². The van der Waals surface area contributed by atoms with E-state index in [1.165, 1.54) is 0 Å². The van der Waals surface area contributed by atoms with E-state index in [9.17, 15) is 4.79 Å². The molecule has 2 N–H and O–H groups in total. The van der Waals surface area contributed by atoms with Crippen molar-refractivity contribution < 1.29 is 9.53 Å². The Balaban J connectivity index is 1.81. The molecule has 1 fully saturated rings. The Morgan fingerprint density at radius 1 is 1.42 bits per heavy atom. The summed E-state index contributed by atoms with van der Waals surface area (Å²) < 4.78 is 6.24. The minimum atomic E-state index is 0.0388. The number of pyridine rings is 1. The molecule has 1 aliphatic carbocycles. The van der Waals surface area contributed by atoms with Crippen LogP contribution >= 0.6 is 11.8 Å². The molecule has 0 saturated heterocycles. The van der Waals surface area contributed by atoms with Gasteiger partial charge >= 0.3 is 164 Å². The average molecular weight is 432 g/mol. The van der Waals surface area contributed by atoms with E-state index in [0.717, 1.165) is 49.9 Å². The Morgan fingerprint density at radius 3 is 2.92 bits per heavy atom. The number of para-hydroxylation sites is 1. The molecule has 1 amide bonds. The molecule has 0 atom stereocenters. The Labute approximate surface area is 164 Å². The standard InChI is InChI=1S/C18H17N4O2SSe/c1-19-18(26)10-8-20-16(22-17(23)9-6-7-9)15-13(10)21-14-11(24-2)4-3-5-12(14)25-15/h3-5,8-9,21H,6-7H2,1-2H3,(H,20,22,23). The zero-order chi connectivity index (χ0) is 18.3. The fourth-order valence-electron chi connectivity index (χ4n) is 2.78. The van der Waals surface area contributed by atoms with Gasteiger partial charge in [0, 0.05) is 0 Å². The van der Waals surface area contributed by atoms with Gasteiger partial charge in [0.05, 0.1) is 0 Å². The number of aromatic nitrogens is 1. The van der Waals surface area contributed by atoms with Gasteiger partial charge in [0.25, 0.3) is 0 Å². The van der Waals surface area contributed by atoms with Gasteiger partial charge in [0.1, 0.15) is 0 Å². The number of methoxy groups -OCH3 is 1. The molecule has 2 heterocycles. The first-order valence-corrected chi connectivity index (χ1v) is 9.89. The van der Waals surface area contributed by atoms with E-state index < -0.39 is 0 Å². The van der Waals surface area contributed by atoms with Gasteiger partial charge in [0.2, 0.25) is 0 Å². The number of anilines is 3. The third-order valence-corrected chi connectivity index (χ3v) is 6.33. The molecule has 6 nitrogen and oxygen atoms in total. The molecule has 1 aliphatic heterocycles. The van der Waals surface area contributed by atoms with Crippen LogP contribution in [0.2, 0.25) is 0 Å². The number of ether oxygens (including phenoxy) is 1. The minimum absolute atomic E-state index is 0.0388. The molecule has 8 heteroatoms. The number of aliphatic imine (C=N–C) groups is 1. The van der Waals surface area contributed by atoms with Crippen LogP contribution in [0.1, 0.15) is 18.4 Å². The molecular weight excluding hydrogens is 415 g/mol. The number of amides is 1. The molecule has 0 bridgehead atoms. The molecule has 133 valence electrons. The van der Waals surface area contributed by atoms with Gasteiger partial charge in [-0.15, -0.1) is 0 Å². The van der Waals surface area contributed by atoms with Gasteiger partial charge in [-0.2, -0.15) is 0 Å². The molecule has 1 saturated carbocycles. The van der Waals surface area contributed by atoms with Crippen molar-refractivity contribution in [1.82, 2.24) is 4.98 Å². The van der Waals surface area contributed by atoms with Crippen LogP contribution in [0.15, 0.2) is 39.2 Å². The van der Waals surface area contributed by atoms with E-state index >= 15 is 0 Å². The first-order chi connectivity index (χ1) is 12.6. The number of carbonyl (C=O) groups is 1. The van der Waals surface area contributed by atoms with Gasteiger partial charge in [0.15, 0.2) is 0 Å². The van der Waals surface area contributed by atoms with Gasteiger partial charge in [-0.3, -0.25) is 0 Å². The number of rotatable bonds is 4. The van der Waals surface area contributed by atoms with Crippen molar-refractivity contribution in [3.8, 4) is 5.75 Å². The molecule has 4 rings (SSSR count). The quantitative estimate of drug-likeness (QED) is 0.489. The Hall–Kier alpha value is -2.02. The second-order valence-corrected chi connectivity index (χ2v) is 7.94. The van der Waals surface area contributed by atoms with Gasteiger partial charge < -0.3 is 0 Å². The van der Waals surface area contributed by atoms with E-state index in [-0.39, 0.29) is 11.8 Å². The third kappa shape index (κ3) is 3.09. The fourth-order valence-corrected chi connectivity index (χ4v) is 4.19. The Morgan fingerprint density at radius 2 is 2.23 bits per heavy atom. The zero-order valence-electron chi connectivity index (χ0n) is 14.3. The summed E-state index contributed by atoms with van der Waals surface area (Å²) >= 11 is 4.54. The molecule has 0 unspecified atom stereocenters. The van der Waals surface area contributed by atoms with Gasteiger partial charge in [-0.1, -0.05) is 0 Å². The molecule has 1 aromatic carbocycles. The van der Waals surface area contributed by atoms with Crippen molar-refractivity contribution in [2.45, 2.75) is 22.6 Å². The molecular formula is C18H17N4O2SSe. The van der Waals surface area contributed by atoms with Crippen molar-refractivity contribution in [3.63, 3.8) is 0 Å². The van der Waals surface area contributed by atoms with Crippen LogP contribution in [0, 0.1) is 5.92 Å². The van der Waals surface area contributed by atoms with Gasteiger partial charge in [-0.05, 0) is 0 Å². The predicted molar refractivity (Wildman–Crippen MR) is 104 cm³/mol. The van der Waals surface area contributed by atoms with Crippen molar-refractivity contribution in [2.75, 3.05) is 24.8 Å². The topological polar surface area (TPSA) is 75.6 Å². The van der Waals surface area contributed by atoms with E-state index in [2.05, 4.69) is 36.6 Å². The van der Waals surface area contributed by atoms with Crippen LogP contribution in [-0.4, -0.2) is 45.7 Å². The number of benzene rings is 1. The van der Waals surface area contributed by atoms with Crippen molar-refractivity contribution in [3.05, 3.63) is 30.0 Å². The maximum atomic E-state index is 12.3. The van der Waals surface area contributed by atoms with E-state index in [0.29, 0.717) is 5.82 Å². The zero-order valence-corrected chi connectivity index (χ0v) is 16.9. The first kappa shape index (κ1) is 17.4. The number of nitrogens with one attached hydrogen (secondary N) is 2. The number of hydrogen-bond acceptors (Lipinski definition) is 6. The first-order valence-electron chi connectivity index (χ1n) is 8.22. The number of nitrogens with zero attached hydrogens (tertiary/aromatic N) is 2. The van der Waals surface area contributed by atoms with Crippen LogP contribution in [0.3, 0.4) is 0 Å². The van der Waals surface area contributed by atoms with E-state index in [4.69, 9.17) is 4.74 Å². The van der Waals surface area contributed by atoms with Crippen LogP contribution in [0.4, 0.5) is 17.2 Å². The van der Waals surface area contributed by atoms with Gasteiger partial charge in [-0.25, -0.2) is 0 Å². The fraction of sp³-hybridized carbons (Fsp3) is 0.278. The summed E-state index contributed by atoms with van der Waals surface area (Å²) in [5.74, 6) is 1.50. The molecule has 0 spiro atoms. The Kier molecular flexibility index (Phi) is 4.65. The van der Waals surface area contributed by atoms with E-state index in [1.807, 2.05) is 18.2 Å². The number of hydrogen-bond donors (Lipinski definition) is 2. The van der Waals surface area contributed by atoms with Crippen molar-refractivity contribution >= 4 is 55.5 Å². The summed E-state index contributed by atoms with van der Waals surface area (Å²) in [5, 5.41) is 6.45. The number of carbonyl (C=O) groups excluding carboxylic acids is 1. The predicted octanol–water partition coefficient (Wildman–Crippen LogP) is 3.19. The normalized spacial score (nSPS) is 15.5. The Bertz CT molecular complexity index is 928. The second kappa shape index (κ2) is 6.95. The van der Waals surface area contributed by atoms with Crippen LogP contribution in [-0.2, 0) is 4.79 Å². The summed E-state index contributed by atoms with van der Waals surface area (Å²) in [4.78, 5) is 22.9. The summed E-state index contributed by atoms with van der Waals surface area (Å²) in [5.41, 5.74) is 2.63. The van der Waals surface area contributed by atoms with Crippen LogP contribution < -0.4 is 15.4 Å². The maximum absolute atomic E-state index is 12.3. The molecule has 2 aromatic rings. The SMILES string of the molecule is CN=C([Se])c1cnc(NC(=O)C2CC2)c2c1Nc1c(OC)cccc1S2. The third-order valence-electron chi connectivity index (χ3n) is 4.33. The second-order valence-electron chi connectivity index (χ2n) is 6.08. The molecule has 1 aromatic heterocycles. The summed E-state index contributed by atoms with van der Waals surface area (Å²) in [6, 6.07) is 5.88. The summed E-state index contributed by atoms with van der Waals surface area (Å²) in [6.45, 7) is 0. The molecule has 26 heavy (non-hydrogen) atoms. The molecule has 1 radical (unpaired) electrons.